The zero-order valence-electron chi connectivity index (χ0n) is 13.7. The van der Waals surface area contributed by atoms with E-state index in [0.29, 0.717) is 43.4 Å². The summed E-state index contributed by atoms with van der Waals surface area (Å²) >= 11 is 6.00. The monoisotopic (exact) mass is 338 g/mol. The number of methoxy groups -OCH3 is 1. The summed E-state index contributed by atoms with van der Waals surface area (Å²) in [6, 6.07) is 5.28. The Morgan fingerprint density at radius 1 is 1.13 bits per heavy atom. The van der Waals surface area contributed by atoms with Gasteiger partial charge in [-0.15, -0.1) is 0 Å². The maximum Gasteiger partial charge on any atom is 0.227 e. The van der Waals surface area contributed by atoms with E-state index in [1.807, 2.05) is 11.8 Å². The Morgan fingerprint density at radius 3 is 2.30 bits per heavy atom. The third-order valence-electron chi connectivity index (χ3n) is 4.03. The number of nitrogens with zero attached hydrogens (tertiary/aromatic N) is 2. The summed E-state index contributed by atoms with van der Waals surface area (Å²) in [5.74, 6) is 0.878. The van der Waals surface area contributed by atoms with Crippen molar-refractivity contribution in [3.63, 3.8) is 0 Å². The quantitative estimate of drug-likeness (QED) is 0.828. The van der Waals surface area contributed by atoms with E-state index in [9.17, 15) is 9.59 Å². The highest BCUT2D eigenvalue weighted by atomic mass is 35.5. The van der Waals surface area contributed by atoms with Gasteiger partial charge in [-0.1, -0.05) is 18.5 Å². The van der Waals surface area contributed by atoms with Crippen molar-refractivity contribution in [3.8, 4) is 5.75 Å². The predicted molar refractivity (Wildman–Crippen MR) is 89.8 cm³/mol. The van der Waals surface area contributed by atoms with Crippen LogP contribution in [-0.4, -0.2) is 54.9 Å². The average Bonchev–Trinajstić information content (AvgIpc) is 2.55. The second-order valence-corrected chi connectivity index (χ2v) is 6.08. The maximum absolute atomic E-state index is 12.5. The number of piperazine rings is 1. The van der Waals surface area contributed by atoms with Crippen LogP contribution in [0, 0.1) is 0 Å². The summed E-state index contributed by atoms with van der Waals surface area (Å²) in [5, 5.41) is 0.587. The second-order valence-electron chi connectivity index (χ2n) is 5.64. The number of carbonyl (C=O) groups is 2. The fourth-order valence-electron chi connectivity index (χ4n) is 2.74. The van der Waals surface area contributed by atoms with Crippen LogP contribution >= 0.6 is 11.6 Å². The Hall–Kier alpha value is -1.75. The first kappa shape index (κ1) is 17.6. The molecule has 0 saturated carbocycles. The molecule has 5 nitrogen and oxygen atoms in total. The van der Waals surface area contributed by atoms with Crippen LogP contribution in [0.5, 0.6) is 5.75 Å². The first-order chi connectivity index (χ1) is 11.0. The summed E-state index contributed by atoms with van der Waals surface area (Å²) in [4.78, 5) is 28.0. The highest BCUT2D eigenvalue weighted by Gasteiger charge is 2.24. The van der Waals surface area contributed by atoms with Crippen LogP contribution in [-0.2, 0) is 16.0 Å². The van der Waals surface area contributed by atoms with Crippen LogP contribution in [0.25, 0.3) is 0 Å². The molecule has 0 atom stereocenters. The minimum Gasteiger partial charge on any atom is -0.496 e. The van der Waals surface area contributed by atoms with Crippen molar-refractivity contribution in [2.75, 3.05) is 33.3 Å². The van der Waals surface area contributed by atoms with E-state index in [4.69, 9.17) is 16.3 Å². The number of hydrogen-bond acceptors (Lipinski definition) is 3. The van der Waals surface area contributed by atoms with E-state index in [0.717, 1.165) is 12.0 Å². The zero-order chi connectivity index (χ0) is 16.8. The predicted octanol–water partition coefficient (Wildman–Crippen LogP) is 2.36. The fraction of sp³-hybridized carbons (Fsp3) is 0.529. The van der Waals surface area contributed by atoms with Gasteiger partial charge in [-0.2, -0.15) is 0 Å². The van der Waals surface area contributed by atoms with Gasteiger partial charge in [0, 0.05) is 43.2 Å². The van der Waals surface area contributed by atoms with Gasteiger partial charge < -0.3 is 14.5 Å². The molecule has 0 bridgehead atoms. The molecule has 2 rings (SSSR count). The Balaban J connectivity index is 1.93. The molecule has 0 aromatic heterocycles. The Labute approximate surface area is 142 Å². The molecule has 1 fully saturated rings. The summed E-state index contributed by atoms with van der Waals surface area (Å²) in [6.07, 6.45) is 1.69. The first-order valence-corrected chi connectivity index (χ1v) is 8.31. The fourth-order valence-corrected chi connectivity index (χ4v) is 2.93. The second kappa shape index (κ2) is 8.20. The SMILES string of the molecule is CCCC(=O)N1CCN(C(=O)Cc2cc(Cl)ccc2OC)CC1. The number of benzene rings is 1. The van der Waals surface area contributed by atoms with Gasteiger partial charge in [0.25, 0.3) is 0 Å². The Kier molecular flexibility index (Phi) is 6.28. The molecule has 1 aliphatic heterocycles. The van der Waals surface area contributed by atoms with Crippen molar-refractivity contribution < 1.29 is 14.3 Å². The summed E-state index contributed by atoms with van der Waals surface area (Å²) < 4.78 is 5.28. The van der Waals surface area contributed by atoms with Crippen LogP contribution in [0.4, 0.5) is 0 Å². The number of hydrogen-bond donors (Lipinski definition) is 0. The highest BCUT2D eigenvalue weighted by molar-refractivity contribution is 6.30. The van der Waals surface area contributed by atoms with Gasteiger partial charge in [0.15, 0.2) is 0 Å². The lowest BCUT2D eigenvalue weighted by molar-refractivity contribution is -0.139. The molecule has 1 aliphatic rings. The average molecular weight is 339 g/mol. The molecule has 0 N–H and O–H groups in total. The molecule has 1 saturated heterocycles. The summed E-state index contributed by atoms with van der Waals surface area (Å²) in [6.45, 7) is 4.37. The largest absolute Gasteiger partial charge is 0.496 e. The van der Waals surface area contributed by atoms with E-state index >= 15 is 0 Å². The molecule has 0 aliphatic carbocycles. The van der Waals surface area contributed by atoms with Gasteiger partial charge in [0.2, 0.25) is 11.8 Å². The molecule has 0 spiro atoms. The normalized spacial score (nSPS) is 14.7. The van der Waals surface area contributed by atoms with E-state index in [1.165, 1.54) is 0 Å². The van der Waals surface area contributed by atoms with E-state index in [1.54, 1.807) is 30.2 Å². The van der Waals surface area contributed by atoms with Crippen molar-refractivity contribution in [3.05, 3.63) is 28.8 Å². The topological polar surface area (TPSA) is 49.9 Å². The third kappa shape index (κ3) is 4.61. The van der Waals surface area contributed by atoms with Gasteiger partial charge in [-0.3, -0.25) is 9.59 Å². The Morgan fingerprint density at radius 2 is 1.74 bits per heavy atom. The Bertz CT molecular complexity index is 569. The minimum absolute atomic E-state index is 0.0353. The lowest BCUT2D eigenvalue weighted by Gasteiger charge is -2.35. The van der Waals surface area contributed by atoms with E-state index in [2.05, 4.69) is 0 Å². The first-order valence-electron chi connectivity index (χ1n) is 7.93. The molecule has 126 valence electrons. The van der Waals surface area contributed by atoms with Crippen molar-refractivity contribution >= 4 is 23.4 Å². The summed E-state index contributed by atoms with van der Waals surface area (Å²) in [5.41, 5.74) is 0.787. The third-order valence-corrected chi connectivity index (χ3v) is 4.27. The smallest absolute Gasteiger partial charge is 0.227 e. The van der Waals surface area contributed by atoms with Gasteiger partial charge in [-0.25, -0.2) is 0 Å². The lowest BCUT2D eigenvalue weighted by atomic mass is 10.1. The number of carbonyl (C=O) groups excluding carboxylic acids is 2. The van der Waals surface area contributed by atoms with Crippen molar-refractivity contribution in [2.45, 2.75) is 26.2 Å². The molecule has 1 heterocycles. The van der Waals surface area contributed by atoms with E-state index in [-0.39, 0.29) is 18.2 Å². The molecule has 0 unspecified atom stereocenters. The van der Waals surface area contributed by atoms with Crippen molar-refractivity contribution in [2.24, 2.45) is 0 Å². The lowest BCUT2D eigenvalue weighted by Crippen LogP contribution is -2.50. The van der Waals surface area contributed by atoms with Crippen LogP contribution in [0.15, 0.2) is 18.2 Å². The highest BCUT2D eigenvalue weighted by Crippen LogP contribution is 2.23. The molecule has 1 aromatic rings. The molecule has 1 aromatic carbocycles. The summed E-state index contributed by atoms with van der Waals surface area (Å²) in [7, 11) is 1.58. The van der Waals surface area contributed by atoms with Crippen LogP contribution < -0.4 is 4.74 Å². The number of amides is 2. The van der Waals surface area contributed by atoms with Gasteiger partial charge in [0.1, 0.15) is 5.75 Å². The molecule has 6 heteroatoms. The van der Waals surface area contributed by atoms with Crippen molar-refractivity contribution in [1.29, 1.82) is 0 Å². The standard InChI is InChI=1S/C17H23ClN2O3/c1-3-4-16(21)19-7-9-20(10-8-19)17(22)12-13-11-14(18)5-6-15(13)23-2/h5-6,11H,3-4,7-10,12H2,1-2H3. The maximum atomic E-state index is 12.5. The van der Waals surface area contributed by atoms with Gasteiger partial charge in [-0.05, 0) is 24.6 Å². The van der Waals surface area contributed by atoms with Crippen LogP contribution in [0.1, 0.15) is 25.3 Å². The van der Waals surface area contributed by atoms with Crippen LogP contribution in [0.3, 0.4) is 0 Å². The van der Waals surface area contributed by atoms with E-state index < -0.39 is 0 Å². The number of halogens is 1. The van der Waals surface area contributed by atoms with Crippen LogP contribution in [0.2, 0.25) is 5.02 Å². The zero-order valence-corrected chi connectivity index (χ0v) is 14.4. The minimum atomic E-state index is 0.0353. The van der Waals surface area contributed by atoms with Gasteiger partial charge >= 0.3 is 0 Å². The molecular weight excluding hydrogens is 316 g/mol. The molecular formula is C17H23ClN2O3. The van der Waals surface area contributed by atoms with Crippen molar-refractivity contribution in [1.82, 2.24) is 9.80 Å². The van der Waals surface area contributed by atoms with Gasteiger partial charge in [0.05, 0.1) is 13.5 Å². The molecule has 2 amide bonds. The molecule has 23 heavy (non-hydrogen) atoms. The molecule has 0 radical (unpaired) electrons. The number of rotatable bonds is 5. The number of ether oxygens (including phenoxy) is 1.